The maximum Gasteiger partial charge on any atom is 0.232 e. The Morgan fingerprint density at radius 2 is 2.36 bits per heavy atom. The van der Waals surface area contributed by atoms with E-state index in [0.29, 0.717) is 13.0 Å². The Labute approximate surface area is 89.4 Å². The molecule has 14 heavy (non-hydrogen) atoms. The molecule has 2 unspecified atom stereocenters. The summed E-state index contributed by atoms with van der Waals surface area (Å²) < 4.78 is 0. The van der Waals surface area contributed by atoms with Crippen molar-refractivity contribution in [1.29, 1.82) is 0 Å². The molecule has 4 nitrogen and oxygen atoms in total. The van der Waals surface area contributed by atoms with Crippen molar-refractivity contribution in [3.05, 3.63) is 0 Å². The van der Waals surface area contributed by atoms with E-state index in [9.17, 15) is 9.59 Å². The second kappa shape index (κ2) is 4.68. The van der Waals surface area contributed by atoms with Gasteiger partial charge in [-0.15, -0.1) is 0 Å². The van der Waals surface area contributed by atoms with Crippen LogP contribution in [0.3, 0.4) is 0 Å². The lowest BCUT2D eigenvalue weighted by atomic mass is 10.1. The predicted molar refractivity (Wildman–Crippen MR) is 57.2 cm³/mol. The third kappa shape index (κ3) is 2.90. The molecule has 2 atom stereocenters. The summed E-state index contributed by atoms with van der Waals surface area (Å²) in [4.78, 5) is 24.1. The molecule has 0 spiro atoms. The number of hydrogen-bond acceptors (Lipinski definition) is 3. The molecule has 1 fully saturated rings. The number of amides is 2. The van der Waals surface area contributed by atoms with Gasteiger partial charge in [0, 0.05) is 26.1 Å². The Morgan fingerprint density at radius 1 is 1.71 bits per heavy atom. The monoisotopic (exact) mass is 216 g/mol. The number of carbonyl (C=O) groups excluding carboxylic acids is 2. The zero-order chi connectivity index (χ0) is 10.7. The molecule has 1 rings (SSSR count). The molecule has 1 aliphatic rings. The average Bonchev–Trinajstić information content (AvgIpc) is 2.11. The highest BCUT2D eigenvalue weighted by atomic mass is 32.1. The number of hydrogen-bond donors (Lipinski definition) is 2. The third-order valence-corrected chi connectivity index (χ3v) is 2.59. The van der Waals surface area contributed by atoms with Gasteiger partial charge in [0.15, 0.2) is 0 Å². The molecule has 1 saturated heterocycles. The third-order valence-electron chi connectivity index (χ3n) is 2.35. The van der Waals surface area contributed by atoms with Gasteiger partial charge in [-0.1, -0.05) is 0 Å². The summed E-state index contributed by atoms with van der Waals surface area (Å²) in [5.41, 5.74) is 0. The molecular formula is C9H16N2O2S. The first-order valence-corrected chi connectivity index (χ1v) is 5.24. The van der Waals surface area contributed by atoms with Crippen molar-refractivity contribution in [2.24, 2.45) is 0 Å². The van der Waals surface area contributed by atoms with E-state index in [-0.39, 0.29) is 23.1 Å². The first kappa shape index (κ1) is 11.4. The van der Waals surface area contributed by atoms with Gasteiger partial charge in [0.1, 0.15) is 0 Å². The Balaban J connectivity index is 2.40. The molecule has 0 aliphatic carbocycles. The summed E-state index contributed by atoms with van der Waals surface area (Å²) in [5.74, 6) is 0.0792. The van der Waals surface area contributed by atoms with E-state index in [1.54, 1.807) is 18.9 Å². The molecule has 0 saturated carbocycles. The van der Waals surface area contributed by atoms with Crippen LogP contribution in [-0.4, -0.2) is 41.6 Å². The van der Waals surface area contributed by atoms with Gasteiger partial charge in [-0.25, -0.2) is 0 Å². The lowest BCUT2D eigenvalue weighted by Gasteiger charge is -2.30. The quantitative estimate of drug-likeness (QED) is 0.640. The average molecular weight is 216 g/mol. The Bertz CT molecular complexity index is 243. The fourth-order valence-corrected chi connectivity index (χ4v) is 1.53. The fourth-order valence-electron chi connectivity index (χ4n) is 1.45. The number of piperidine rings is 1. The highest BCUT2D eigenvalue weighted by Crippen LogP contribution is 2.10. The van der Waals surface area contributed by atoms with Gasteiger partial charge in [0.2, 0.25) is 11.8 Å². The van der Waals surface area contributed by atoms with Crippen molar-refractivity contribution < 1.29 is 9.59 Å². The van der Waals surface area contributed by atoms with Crippen molar-refractivity contribution >= 4 is 24.4 Å². The zero-order valence-electron chi connectivity index (χ0n) is 8.49. The number of likely N-dealkylation sites (N-methyl/N-ethyl adjacent to an activating group) is 1. The number of thiol groups is 1. The Morgan fingerprint density at radius 3 is 2.86 bits per heavy atom. The minimum absolute atomic E-state index is 0.0684. The normalized spacial score (nSPS) is 24.6. The van der Waals surface area contributed by atoms with E-state index in [1.165, 1.54) is 0 Å². The second-order valence-corrected chi connectivity index (χ2v) is 4.47. The molecule has 80 valence electrons. The van der Waals surface area contributed by atoms with E-state index in [2.05, 4.69) is 17.9 Å². The lowest BCUT2D eigenvalue weighted by molar-refractivity contribution is -0.133. The second-order valence-electron chi connectivity index (χ2n) is 3.69. The van der Waals surface area contributed by atoms with Crippen LogP contribution in [0.1, 0.15) is 19.8 Å². The molecule has 0 aromatic rings. The van der Waals surface area contributed by atoms with Crippen LogP contribution in [0.25, 0.3) is 0 Å². The molecule has 0 radical (unpaired) electrons. The summed E-state index contributed by atoms with van der Waals surface area (Å²) in [7, 11) is 1.75. The van der Waals surface area contributed by atoms with Crippen LogP contribution in [0.4, 0.5) is 0 Å². The number of nitrogens with zero attached hydrogens (tertiary/aromatic N) is 1. The first-order valence-electron chi connectivity index (χ1n) is 4.73. The topological polar surface area (TPSA) is 49.4 Å². The highest BCUT2D eigenvalue weighted by molar-refractivity contribution is 7.81. The number of rotatable bonds is 2. The number of likely N-dealkylation sites (tertiary alicyclic amines) is 1. The lowest BCUT2D eigenvalue weighted by Crippen LogP contribution is -2.49. The summed E-state index contributed by atoms with van der Waals surface area (Å²) in [5, 5.41) is 2.57. The maximum atomic E-state index is 11.3. The summed E-state index contributed by atoms with van der Waals surface area (Å²) >= 11 is 4.04. The molecule has 1 heterocycles. The smallest absolute Gasteiger partial charge is 0.232 e. The van der Waals surface area contributed by atoms with E-state index in [4.69, 9.17) is 0 Å². The van der Waals surface area contributed by atoms with E-state index >= 15 is 0 Å². The molecule has 0 aromatic heterocycles. The molecule has 0 bridgehead atoms. The van der Waals surface area contributed by atoms with Crippen molar-refractivity contribution in [3.63, 3.8) is 0 Å². The van der Waals surface area contributed by atoms with Crippen LogP contribution in [0.15, 0.2) is 0 Å². The number of nitrogens with one attached hydrogen (secondary N) is 1. The maximum absolute atomic E-state index is 11.3. The van der Waals surface area contributed by atoms with Gasteiger partial charge in [0.05, 0.1) is 5.25 Å². The predicted octanol–water partition coefficient (Wildman–Crippen LogP) is 0.0417. The van der Waals surface area contributed by atoms with Crippen LogP contribution in [-0.2, 0) is 9.59 Å². The van der Waals surface area contributed by atoms with Gasteiger partial charge in [-0.05, 0) is 13.3 Å². The van der Waals surface area contributed by atoms with Crippen molar-refractivity contribution in [3.8, 4) is 0 Å². The van der Waals surface area contributed by atoms with Gasteiger partial charge < -0.3 is 10.2 Å². The zero-order valence-corrected chi connectivity index (χ0v) is 9.38. The summed E-state index contributed by atoms with van der Waals surface area (Å²) in [6.07, 6.45) is 1.25. The van der Waals surface area contributed by atoms with E-state index in [1.807, 2.05) is 0 Å². The van der Waals surface area contributed by atoms with Crippen LogP contribution >= 0.6 is 12.6 Å². The standard InChI is InChI=1S/C9H16N2O2S/c1-6(14)9(13)10-7-3-4-8(12)11(2)5-7/h6-7,14H,3-5H2,1-2H3,(H,10,13). The fraction of sp³-hybridized carbons (Fsp3) is 0.778. The minimum atomic E-state index is -0.294. The van der Waals surface area contributed by atoms with Crippen molar-refractivity contribution in [2.45, 2.75) is 31.1 Å². The van der Waals surface area contributed by atoms with Gasteiger partial charge in [0.25, 0.3) is 0 Å². The SMILES string of the molecule is CC(S)C(=O)NC1CCC(=O)N(C)C1. The first-order chi connectivity index (χ1) is 6.50. The molecule has 0 aromatic carbocycles. The largest absolute Gasteiger partial charge is 0.351 e. The van der Waals surface area contributed by atoms with Crippen LogP contribution in [0, 0.1) is 0 Å². The van der Waals surface area contributed by atoms with E-state index < -0.39 is 0 Å². The summed E-state index contributed by atoms with van der Waals surface area (Å²) in [6, 6.07) is 0.0831. The van der Waals surface area contributed by atoms with Gasteiger partial charge >= 0.3 is 0 Å². The molecule has 5 heteroatoms. The van der Waals surface area contributed by atoms with Crippen LogP contribution in [0.2, 0.25) is 0 Å². The summed E-state index contributed by atoms with van der Waals surface area (Å²) in [6.45, 7) is 2.33. The molecule has 1 N–H and O–H groups in total. The highest BCUT2D eigenvalue weighted by Gasteiger charge is 2.24. The van der Waals surface area contributed by atoms with E-state index in [0.717, 1.165) is 6.42 Å². The van der Waals surface area contributed by atoms with Gasteiger partial charge in [-0.2, -0.15) is 12.6 Å². The molecular weight excluding hydrogens is 200 g/mol. The van der Waals surface area contributed by atoms with Crippen molar-refractivity contribution in [1.82, 2.24) is 10.2 Å². The molecule has 1 aliphatic heterocycles. The Hall–Kier alpha value is -0.710. The van der Waals surface area contributed by atoms with Crippen LogP contribution in [0.5, 0.6) is 0 Å². The Kier molecular flexibility index (Phi) is 3.80. The van der Waals surface area contributed by atoms with Crippen LogP contribution < -0.4 is 5.32 Å². The minimum Gasteiger partial charge on any atom is -0.351 e. The molecule has 2 amide bonds. The van der Waals surface area contributed by atoms with Gasteiger partial charge in [-0.3, -0.25) is 9.59 Å². The number of carbonyl (C=O) groups is 2. The van der Waals surface area contributed by atoms with Crippen molar-refractivity contribution in [2.75, 3.05) is 13.6 Å².